The number of nitrogens with two attached hydrogens (primary N) is 1. The highest BCUT2D eigenvalue weighted by Gasteiger charge is 2.16. The van der Waals surface area contributed by atoms with Gasteiger partial charge in [-0.15, -0.1) is 11.8 Å². The Balaban J connectivity index is 2.10. The Bertz CT molecular complexity index is 597. The molecule has 0 aliphatic heterocycles. The third kappa shape index (κ3) is 3.08. The summed E-state index contributed by atoms with van der Waals surface area (Å²) in [6, 6.07) is 6.16. The maximum absolute atomic E-state index is 13.6. The lowest BCUT2D eigenvalue weighted by molar-refractivity contribution is 0.0564. The molecule has 2 N–H and O–H groups in total. The standard InChI is InChI=1S/C13H12FNO3S/c1-17-13(16)12-8(4-5-18-12)7-19-11-3-2-9(15)6-10(11)14/h2-6H,7,15H2,1H3. The Labute approximate surface area is 113 Å². The smallest absolute Gasteiger partial charge is 0.374 e. The van der Waals surface area contributed by atoms with Crippen LogP contribution < -0.4 is 5.73 Å². The van der Waals surface area contributed by atoms with E-state index in [2.05, 4.69) is 4.74 Å². The highest BCUT2D eigenvalue weighted by atomic mass is 32.2. The summed E-state index contributed by atoms with van der Waals surface area (Å²) < 4.78 is 23.2. The molecule has 100 valence electrons. The molecule has 0 fully saturated rings. The van der Waals surface area contributed by atoms with Gasteiger partial charge in [-0.05, 0) is 24.3 Å². The third-order valence-corrected chi connectivity index (χ3v) is 3.55. The minimum Gasteiger partial charge on any atom is -0.463 e. The summed E-state index contributed by atoms with van der Waals surface area (Å²) in [5.41, 5.74) is 6.51. The van der Waals surface area contributed by atoms with Crippen molar-refractivity contribution in [3.63, 3.8) is 0 Å². The molecular formula is C13H12FNO3S. The van der Waals surface area contributed by atoms with Crippen molar-refractivity contribution in [1.29, 1.82) is 0 Å². The van der Waals surface area contributed by atoms with Crippen LogP contribution in [0.2, 0.25) is 0 Å². The first-order chi connectivity index (χ1) is 9.11. The molecule has 1 aromatic carbocycles. The van der Waals surface area contributed by atoms with Crippen LogP contribution in [0.5, 0.6) is 0 Å². The maximum atomic E-state index is 13.6. The molecule has 2 rings (SSSR count). The summed E-state index contributed by atoms with van der Waals surface area (Å²) in [6.07, 6.45) is 1.40. The summed E-state index contributed by atoms with van der Waals surface area (Å²) in [5, 5.41) is 0. The predicted molar refractivity (Wildman–Crippen MR) is 70.4 cm³/mol. The van der Waals surface area contributed by atoms with Crippen LogP contribution in [-0.4, -0.2) is 13.1 Å². The van der Waals surface area contributed by atoms with Gasteiger partial charge in [0.05, 0.1) is 13.4 Å². The minimum absolute atomic E-state index is 0.144. The maximum Gasteiger partial charge on any atom is 0.374 e. The Morgan fingerprint density at radius 2 is 2.26 bits per heavy atom. The minimum atomic E-state index is -0.543. The van der Waals surface area contributed by atoms with Gasteiger partial charge in [0.2, 0.25) is 5.76 Å². The van der Waals surface area contributed by atoms with Crippen molar-refractivity contribution in [3.05, 3.63) is 47.7 Å². The summed E-state index contributed by atoms with van der Waals surface area (Å²) in [7, 11) is 1.28. The van der Waals surface area contributed by atoms with E-state index in [0.29, 0.717) is 21.9 Å². The largest absolute Gasteiger partial charge is 0.463 e. The van der Waals surface area contributed by atoms with Gasteiger partial charge in [-0.2, -0.15) is 0 Å². The van der Waals surface area contributed by atoms with Crippen LogP contribution in [0.1, 0.15) is 16.1 Å². The van der Waals surface area contributed by atoms with Gasteiger partial charge in [0.15, 0.2) is 0 Å². The predicted octanol–water partition coefficient (Wildman–Crippen LogP) is 3.08. The van der Waals surface area contributed by atoms with E-state index >= 15 is 0 Å². The fraction of sp³-hybridized carbons (Fsp3) is 0.154. The van der Waals surface area contributed by atoms with Crippen LogP contribution in [0.3, 0.4) is 0 Å². The Kier molecular flexibility index (Phi) is 4.11. The first-order valence-electron chi connectivity index (χ1n) is 5.44. The number of methoxy groups -OCH3 is 1. The second-order valence-corrected chi connectivity index (χ2v) is 4.76. The molecule has 4 nitrogen and oxygen atoms in total. The monoisotopic (exact) mass is 281 g/mol. The van der Waals surface area contributed by atoms with Crippen LogP contribution in [0.15, 0.2) is 39.8 Å². The van der Waals surface area contributed by atoms with E-state index in [1.165, 1.54) is 31.2 Å². The van der Waals surface area contributed by atoms with Crippen LogP contribution in [-0.2, 0) is 10.5 Å². The Morgan fingerprint density at radius 3 is 2.95 bits per heavy atom. The highest BCUT2D eigenvalue weighted by Crippen LogP contribution is 2.28. The van der Waals surface area contributed by atoms with Crippen molar-refractivity contribution in [1.82, 2.24) is 0 Å². The number of hydrogen-bond acceptors (Lipinski definition) is 5. The van der Waals surface area contributed by atoms with E-state index < -0.39 is 5.97 Å². The fourth-order valence-corrected chi connectivity index (χ4v) is 2.41. The van der Waals surface area contributed by atoms with E-state index in [1.807, 2.05) is 0 Å². The molecular weight excluding hydrogens is 269 g/mol. The van der Waals surface area contributed by atoms with Gasteiger partial charge in [0.1, 0.15) is 5.82 Å². The zero-order valence-corrected chi connectivity index (χ0v) is 11.0. The zero-order valence-electron chi connectivity index (χ0n) is 10.2. The van der Waals surface area contributed by atoms with Crippen molar-refractivity contribution >= 4 is 23.4 Å². The van der Waals surface area contributed by atoms with Gasteiger partial charge in [0.25, 0.3) is 0 Å². The average Bonchev–Trinajstić information content (AvgIpc) is 2.85. The zero-order chi connectivity index (χ0) is 13.8. The number of hydrogen-bond donors (Lipinski definition) is 1. The molecule has 0 amide bonds. The van der Waals surface area contributed by atoms with Crippen molar-refractivity contribution < 1.29 is 18.3 Å². The van der Waals surface area contributed by atoms with Crippen molar-refractivity contribution in [2.75, 3.05) is 12.8 Å². The lowest BCUT2D eigenvalue weighted by Gasteiger charge is -2.04. The summed E-state index contributed by atoms with van der Waals surface area (Å²) in [4.78, 5) is 11.9. The molecule has 2 aromatic rings. The highest BCUT2D eigenvalue weighted by molar-refractivity contribution is 7.98. The summed E-state index contributed by atoms with van der Waals surface area (Å²) >= 11 is 1.26. The molecule has 0 unspecified atom stereocenters. The number of ether oxygens (including phenoxy) is 1. The second kappa shape index (κ2) is 5.79. The van der Waals surface area contributed by atoms with E-state index in [-0.39, 0.29) is 11.6 Å². The van der Waals surface area contributed by atoms with E-state index in [0.717, 1.165) is 0 Å². The van der Waals surface area contributed by atoms with Gasteiger partial charge in [-0.25, -0.2) is 9.18 Å². The number of rotatable bonds is 4. The fourth-order valence-electron chi connectivity index (χ4n) is 1.51. The quantitative estimate of drug-likeness (QED) is 0.530. The number of carbonyl (C=O) groups excluding carboxylic acids is 1. The van der Waals surface area contributed by atoms with Gasteiger partial charge in [-0.1, -0.05) is 0 Å². The van der Waals surface area contributed by atoms with Crippen molar-refractivity contribution in [2.45, 2.75) is 10.6 Å². The first-order valence-corrected chi connectivity index (χ1v) is 6.43. The number of nitrogen functional groups attached to an aromatic ring is 1. The van der Waals surface area contributed by atoms with E-state index in [4.69, 9.17) is 10.2 Å². The summed E-state index contributed by atoms with van der Waals surface area (Å²) in [6.45, 7) is 0. The van der Waals surface area contributed by atoms with Gasteiger partial charge in [-0.3, -0.25) is 0 Å². The normalized spacial score (nSPS) is 10.4. The molecule has 19 heavy (non-hydrogen) atoms. The molecule has 0 bridgehead atoms. The van der Waals surface area contributed by atoms with Gasteiger partial charge in [0, 0.05) is 21.9 Å². The Morgan fingerprint density at radius 1 is 1.47 bits per heavy atom. The van der Waals surface area contributed by atoms with Crippen LogP contribution in [0, 0.1) is 5.82 Å². The molecule has 1 heterocycles. The average molecular weight is 281 g/mol. The lowest BCUT2D eigenvalue weighted by Crippen LogP contribution is -2.02. The Hall–Kier alpha value is -1.95. The van der Waals surface area contributed by atoms with Crippen LogP contribution >= 0.6 is 11.8 Å². The number of esters is 1. The number of furan rings is 1. The van der Waals surface area contributed by atoms with E-state index in [9.17, 15) is 9.18 Å². The van der Waals surface area contributed by atoms with E-state index in [1.54, 1.807) is 18.2 Å². The van der Waals surface area contributed by atoms with Crippen molar-refractivity contribution in [2.24, 2.45) is 0 Å². The molecule has 0 atom stereocenters. The molecule has 0 radical (unpaired) electrons. The molecule has 0 spiro atoms. The molecule has 6 heteroatoms. The number of thioether (sulfide) groups is 1. The molecule has 0 aliphatic carbocycles. The SMILES string of the molecule is COC(=O)c1occc1CSc1ccc(N)cc1F. The van der Waals surface area contributed by atoms with Gasteiger partial charge >= 0.3 is 5.97 Å². The molecule has 1 aromatic heterocycles. The summed E-state index contributed by atoms with van der Waals surface area (Å²) in [5.74, 6) is -0.376. The number of carbonyl (C=O) groups is 1. The first kappa shape index (κ1) is 13.5. The van der Waals surface area contributed by atoms with Crippen LogP contribution in [0.25, 0.3) is 0 Å². The van der Waals surface area contributed by atoms with Crippen LogP contribution in [0.4, 0.5) is 10.1 Å². The second-order valence-electron chi connectivity index (χ2n) is 3.75. The topological polar surface area (TPSA) is 65.5 Å². The number of halogens is 1. The van der Waals surface area contributed by atoms with Gasteiger partial charge < -0.3 is 14.9 Å². The molecule has 0 saturated carbocycles. The number of benzene rings is 1. The van der Waals surface area contributed by atoms with Crippen molar-refractivity contribution in [3.8, 4) is 0 Å². The molecule has 0 saturated heterocycles. The number of anilines is 1. The third-order valence-electron chi connectivity index (χ3n) is 2.46. The lowest BCUT2D eigenvalue weighted by atomic mass is 10.3. The molecule has 0 aliphatic rings.